The lowest BCUT2D eigenvalue weighted by Gasteiger charge is -2.24. The summed E-state index contributed by atoms with van der Waals surface area (Å²) in [4.78, 5) is 11.6. The Balaban J connectivity index is 1.65. The van der Waals surface area contributed by atoms with Crippen LogP contribution in [0.15, 0.2) is 0 Å². The third kappa shape index (κ3) is 3.15. The summed E-state index contributed by atoms with van der Waals surface area (Å²) < 4.78 is 10.8. The summed E-state index contributed by atoms with van der Waals surface area (Å²) in [6, 6.07) is 0. The molecule has 0 bridgehead atoms. The van der Waals surface area contributed by atoms with Gasteiger partial charge in [-0.05, 0) is 12.8 Å². The van der Waals surface area contributed by atoms with Gasteiger partial charge in [0.15, 0.2) is 0 Å². The molecular weight excluding hydrogens is 196 g/mol. The second kappa shape index (κ2) is 5.44. The first kappa shape index (κ1) is 10.9. The van der Waals surface area contributed by atoms with Gasteiger partial charge in [0.05, 0.1) is 12.7 Å². The Kier molecular flexibility index (Phi) is 3.94. The Bertz CT molecular complexity index is 211. The normalized spacial score (nSPS) is 31.5. The first-order chi connectivity index (χ1) is 7.36. The zero-order valence-electron chi connectivity index (χ0n) is 8.83. The molecule has 1 unspecified atom stereocenters. The number of hydrogen-bond acceptors (Lipinski definition) is 4. The van der Waals surface area contributed by atoms with E-state index in [2.05, 4.69) is 10.6 Å². The molecular formula is C10H18N2O3. The van der Waals surface area contributed by atoms with Crippen molar-refractivity contribution < 1.29 is 14.3 Å². The van der Waals surface area contributed by atoms with E-state index in [0.29, 0.717) is 13.2 Å². The van der Waals surface area contributed by atoms with Gasteiger partial charge in [0.1, 0.15) is 6.10 Å². The van der Waals surface area contributed by atoms with Crippen LogP contribution in [-0.2, 0) is 14.3 Å². The first-order valence-electron chi connectivity index (χ1n) is 5.58. The van der Waals surface area contributed by atoms with Gasteiger partial charge in [-0.15, -0.1) is 0 Å². The van der Waals surface area contributed by atoms with Crippen molar-refractivity contribution in [1.29, 1.82) is 0 Å². The zero-order chi connectivity index (χ0) is 10.5. The van der Waals surface area contributed by atoms with Gasteiger partial charge in [-0.1, -0.05) is 0 Å². The monoisotopic (exact) mass is 214 g/mol. The molecule has 2 atom stereocenters. The van der Waals surface area contributed by atoms with E-state index in [1.54, 1.807) is 0 Å². The van der Waals surface area contributed by atoms with Crippen LogP contribution in [0.1, 0.15) is 12.8 Å². The van der Waals surface area contributed by atoms with Crippen molar-refractivity contribution in [2.45, 2.75) is 25.0 Å². The molecule has 2 fully saturated rings. The molecule has 5 heteroatoms. The smallest absolute Gasteiger partial charge is 0.249 e. The molecule has 86 valence electrons. The third-order valence-electron chi connectivity index (χ3n) is 2.73. The molecule has 0 saturated carbocycles. The van der Waals surface area contributed by atoms with Crippen molar-refractivity contribution in [2.75, 3.05) is 32.8 Å². The lowest BCUT2D eigenvalue weighted by molar-refractivity contribution is -0.130. The van der Waals surface area contributed by atoms with Crippen molar-refractivity contribution >= 4 is 5.91 Å². The molecule has 0 spiro atoms. The zero-order valence-corrected chi connectivity index (χ0v) is 8.83. The van der Waals surface area contributed by atoms with Crippen molar-refractivity contribution in [3.8, 4) is 0 Å². The highest BCUT2D eigenvalue weighted by atomic mass is 16.5. The average molecular weight is 214 g/mol. The molecule has 0 aliphatic carbocycles. The van der Waals surface area contributed by atoms with Crippen molar-refractivity contribution in [1.82, 2.24) is 10.6 Å². The summed E-state index contributed by atoms with van der Waals surface area (Å²) in [5.41, 5.74) is 0. The van der Waals surface area contributed by atoms with Crippen LogP contribution in [0.3, 0.4) is 0 Å². The van der Waals surface area contributed by atoms with Gasteiger partial charge in [-0.25, -0.2) is 0 Å². The number of rotatable bonds is 3. The second-order valence-corrected chi connectivity index (χ2v) is 3.94. The molecule has 2 rings (SSSR count). The minimum atomic E-state index is -0.235. The molecule has 2 N–H and O–H groups in total. The SMILES string of the molecule is O=C(NCC1CNCCO1)[C@H]1CCCO1. The van der Waals surface area contributed by atoms with E-state index in [1.807, 2.05) is 0 Å². The maximum absolute atomic E-state index is 11.6. The highest BCUT2D eigenvalue weighted by Crippen LogP contribution is 2.11. The van der Waals surface area contributed by atoms with Crippen LogP contribution in [0.5, 0.6) is 0 Å². The van der Waals surface area contributed by atoms with Crippen LogP contribution in [0.2, 0.25) is 0 Å². The number of morpholine rings is 1. The number of ether oxygens (including phenoxy) is 2. The van der Waals surface area contributed by atoms with Crippen LogP contribution < -0.4 is 10.6 Å². The number of amides is 1. The van der Waals surface area contributed by atoms with Crippen LogP contribution in [0.25, 0.3) is 0 Å². The van der Waals surface area contributed by atoms with Gasteiger partial charge in [0.2, 0.25) is 5.91 Å². The fourth-order valence-corrected chi connectivity index (χ4v) is 1.86. The predicted octanol–water partition coefficient (Wildman–Crippen LogP) is -0.730. The van der Waals surface area contributed by atoms with Crippen LogP contribution in [0, 0.1) is 0 Å². The molecule has 2 aliphatic rings. The highest BCUT2D eigenvalue weighted by molar-refractivity contribution is 5.80. The van der Waals surface area contributed by atoms with Crippen LogP contribution in [0.4, 0.5) is 0 Å². The summed E-state index contributed by atoms with van der Waals surface area (Å²) >= 11 is 0. The molecule has 5 nitrogen and oxygen atoms in total. The fourth-order valence-electron chi connectivity index (χ4n) is 1.86. The Morgan fingerprint density at radius 2 is 2.33 bits per heavy atom. The summed E-state index contributed by atoms with van der Waals surface area (Å²) in [5, 5.41) is 6.09. The van der Waals surface area contributed by atoms with E-state index in [1.165, 1.54) is 0 Å². The molecule has 2 heterocycles. The maximum Gasteiger partial charge on any atom is 0.249 e. The van der Waals surface area contributed by atoms with E-state index >= 15 is 0 Å². The Morgan fingerprint density at radius 3 is 3.00 bits per heavy atom. The number of carbonyl (C=O) groups is 1. The first-order valence-corrected chi connectivity index (χ1v) is 5.58. The Labute approximate surface area is 89.5 Å². The van der Waals surface area contributed by atoms with Gasteiger partial charge in [0, 0.05) is 26.2 Å². The van der Waals surface area contributed by atoms with Crippen molar-refractivity contribution in [2.24, 2.45) is 0 Å². The quantitative estimate of drug-likeness (QED) is 0.650. The summed E-state index contributed by atoms with van der Waals surface area (Å²) in [6.07, 6.45) is 1.69. The minimum Gasteiger partial charge on any atom is -0.374 e. The van der Waals surface area contributed by atoms with E-state index in [4.69, 9.17) is 9.47 Å². The van der Waals surface area contributed by atoms with Gasteiger partial charge in [-0.3, -0.25) is 4.79 Å². The lowest BCUT2D eigenvalue weighted by Crippen LogP contribution is -2.47. The predicted molar refractivity (Wildman–Crippen MR) is 54.6 cm³/mol. The summed E-state index contributed by atoms with van der Waals surface area (Å²) in [7, 11) is 0. The van der Waals surface area contributed by atoms with E-state index < -0.39 is 0 Å². The molecule has 0 aromatic rings. The summed E-state index contributed by atoms with van der Waals surface area (Å²) in [5.74, 6) is 0.00155. The highest BCUT2D eigenvalue weighted by Gasteiger charge is 2.24. The van der Waals surface area contributed by atoms with Crippen LogP contribution in [-0.4, -0.2) is 51.0 Å². The van der Waals surface area contributed by atoms with Gasteiger partial charge >= 0.3 is 0 Å². The minimum absolute atomic E-state index is 0.00155. The number of carbonyl (C=O) groups excluding carboxylic acids is 1. The van der Waals surface area contributed by atoms with Gasteiger partial charge < -0.3 is 20.1 Å². The standard InChI is InChI=1S/C10H18N2O3/c13-10(9-2-1-4-15-9)12-7-8-6-11-3-5-14-8/h8-9,11H,1-7H2,(H,12,13)/t8?,9-/m1/s1. The number of hydrogen-bond donors (Lipinski definition) is 2. The lowest BCUT2D eigenvalue weighted by atomic mass is 10.2. The fraction of sp³-hybridized carbons (Fsp3) is 0.900. The Hall–Kier alpha value is -0.650. The van der Waals surface area contributed by atoms with Gasteiger partial charge in [0.25, 0.3) is 0 Å². The van der Waals surface area contributed by atoms with Crippen molar-refractivity contribution in [3.63, 3.8) is 0 Å². The molecule has 0 aromatic carbocycles. The average Bonchev–Trinajstić information content (AvgIpc) is 2.81. The summed E-state index contributed by atoms with van der Waals surface area (Å²) in [6.45, 7) is 3.72. The largest absolute Gasteiger partial charge is 0.374 e. The number of nitrogens with one attached hydrogen (secondary N) is 2. The topological polar surface area (TPSA) is 59.6 Å². The van der Waals surface area contributed by atoms with Gasteiger partial charge in [-0.2, -0.15) is 0 Å². The van der Waals surface area contributed by atoms with Crippen molar-refractivity contribution in [3.05, 3.63) is 0 Å². The molecule has 0 radical (unpaired) electrons. The van der Waals surface area contributed by atoms with E-state index in [-0.39, 0.29) is 18.1 Å². The maximum atomic E-state index is 11.6. The molecule has 0 aromatic heterocycles. The Morgan fingerprint density at radius 1 is 1.40 bits per heavy atom. The molecule has 2 saturated heterocycles. The van der Waals surface area contributed by atoms with E-state index in [9.17, 15) is 4.79 Å². The third-order valence-corrected chi connectivity index (χ3v) is 2.73. The molecule has 1 amide bonds. The van der Waals surface area contributed by atoms with Crippen LogP contribution >= 0.6 is 0 Å². The molecule has 2 aliphatic heterocycles. The van der Waals surface area contributed by atoms with E-state index in [0.717, 1.165) is 32.5 Å². The second-order valence-electron chi connectivity index (χ2n) is 3.94. The molecule has 15 heavy (non-hydrogen) atoms.